The summed E-state index contributed by atoms with van der Waals surface area (Å²) in [4.78, 5) is 36.1. The molecular weight excluding hydrogens is 356 g/mol. The molecule has 1 aromatic rings. The topological polar surface area (TPSA) is 119 Å². The van der Waals surface area contributed by atoms with Crippen LogP contribution in [0.4, 0.5) is 5.69 Å². The van der Waals surface area contributed by atoms with E-state index in [1.165, 1.54) is 12.1 Å². The van der Waals surface area contributed by atoms with Gasteiger partial charge in [-0.15, -0.1) is 24.2 Å². The SMILES string of the molecule is CC1CNCCN1C(=O)CSc1ccc(C(N)=O)cc1[N+](=O)[O-].Cl. The Bertz CT molecular complexity index is 643. The fourth-order valence-corrected chi connectivity index (χ4v) is 3.26. The standard InChI is InChI=1S/C14H18N4O4S.ClH/c1-9-7-16-4-5-17(9)13(19)8-23-12-3-2-10(14(15)20)6-11(12)18(21)22;/h2-3,6,9,16H,4-5,7-8H2,1H3,(H2,15,20);1H. The van der Waals surface area contributed by atoms with E-state index in [0.717, 1.165) is 30.9 Å². The Balaban J connectivity index is 0.00000288. The lowest BCUT2D eigenvalue weighted by molar-refractivity contribution is -0.387. The summed E-state index contributed by atoms with van der Waals surface area (Å²) in [7, 11) is 0. The number of nitrogens with zero attached hydrogens (tertiary/aromatic N) is 2. The van der Waals surface area contributed by atoms with Crippen LogP contribution in [0.15, 0.2) is 23.1 Å². The Morgan fingerprint density at radius 3 is 2.79 bits per heavy atom. The molecule has 1 unspecified atom stereocenters. The van der Waals surface area contributed by atoms with Crippen molar-refractivity contribution in [2.75, 3.05) is 25.4 Å². The predicted molar refractivity (Wildman–Crippen MR) is 93.6 cm³/mol. The van der Waals surface area contributed by atoms with Crippen molar-refractivity contribution in [1.82, 2.24) is 10.2 Å². The van der Waals surface area contributed by atoms with Gasteiger partial charge in [-0.25, -0.2) is 0 Å². The van der Waals surface area contributed by atoms with Crippen molar-refractivity contribution in [2.45, 2.75) is 17.9 Å². The highest BCUT2D eigenvalue weighted by atomic mass is 35.5. The molecule has 1 saturated heterocycles. The van der Waals surface area contributed by atoms with Crippen LogP contribution >= 0.6 is 24.2 Å². The molecule has 2 rings (SSSR count). The van der Waals surface area contributed by atoms with Gasteiger partial charge in [0, 0.05) is 37.3 Å². The van der Waals surface area contributed by atoms with Gasteiger partial charge in [-0.05, 0) is 19.1 Å². The van der Waals surface area contributed by atoms with Crippen LogP contribution in [0.3, 0.4) is 0 Å². The Kier molecular flexibility index (Phi) is 7.46. The highest BCUT2D eigenvalue weighted by Gasteiger charge is 2.24. The highest BCUT2D eigenvalue weighted by molar-refractivity contribution is 8.00. The first-order valence-electron chi connectivity index (χ1n) is 7.11. The van der Waals surface area contributed by atoms with Crippen LogP contribution in [0.25, 0.3) is 0 Å². The normalized spacial score (nSPS) is 17.0. The number of hydrogen-bond donors (Lipinski definition) is 2. The number of nitro benzene ring substituents is 1. The van der Waals surface area contributed by atoms with Crippen LogP contribution in [0.5, 0.6) is 0 Å². The number of nitro groups is 1. The minimum atomic E-state index is -0.727. The zero-order valence-corrected chi connectivity index (χ0v) is 14.7. The Morgan fingerprint density at radius 2 is 2.21 bits per heavy atom. The summed E-state index contributed by atoms with van der Waals surface area (Å²) in [5.41, 5.74) is 4.99. The molecule has 10 heteroatoms. The molecular formula is C14H19ClN4O4S. The molecule has 0 spiro atoms. The van der Waals surface area contributed by atoms with Crippen LogP contribution in [-0.4, -0.2) is 53.1 Å². The van der Waals surface area contributed by atoms with Crippen molar-refractivity contribution in [3.63, 3.8) is 0 Å². The number of nitrogens with two attached hydrogens (primary N) is 1. The van der Waals surface area contributed by atoms with Crippen LogP contribution in [0.1, 0.15) is 17.3 Å². The molecule has 24 heavy (non-hydrogen) atoms. The first-order valence-corrected chi connectivity index (χ1v) is 8.10. The molecule has 1 fully saturated rings. The van der Waals surface area contributed by atoms with Gasteiger partial charge in [0.25, 0.3) is 5.69 Å². The Morgan fingerprint density at radius 1 is 1.50 bits per heavy atom. The lowest BCUT2D eigenvalue weighted by Crippen LogP contribution is -2.52. The predicted octanol–water partition coefficient (Wildman–Crippen LogP) is 1.03. The number of amides is 2. The first kappa shape index (κ1) is 20.2. The first-order chi connectivity index (χ1) is 10.9. The molecule has 1 aliphatic rings. The van der Waals surface area contributed by atoms with Crippen molar-refractivity contribution in [1.29, 1.82) is 0 Å². The number of carbonyl (C=O) groups excluding carboxylic acids is 2. The number of carbonyl (C=O) groups is 2. The minimum Gasteiger partial charge on any atom is -0.366 e. The molecule has 0 bridgehead atoms. The van der Waals surface area contributed by atoms with Gasteiger partial charge in [-0.2, -0.15) is 0 Å². The van der Waals surface area contributed by atoms with Gasteiger partial charge in [0.2, 0.25) is 11.8 Å². The summed E-state index contributed by atoms with van der Waals surface area (Å²) in [6.07, 6.45) is 0. The van der Waals surface area contributed by atoms with Gasteiger partial charge < -0.3 is 16.0 Å². The van der Waals surface area contributed by atoms with E-state index in [1.54, 1.807) is 4.90 Å². The van der Waals surface area contributed by atoms with Crippen LogP contribution in [-0.2, 0) is 4.79 Å². The molecule has 0 saturated carbocycles. The number of hydrogen-bond acceptors (Lipinski definition) is 6. The van der Waals surface area contributed by atoms with Gasteiger partial charge in [0.15, 0.2) is 0 Å². The summed E-state index contributed by atoms with van der Waals surface area (Å²) in [6.45, 7) is 4.07. The fourth-order valence-electron chi connectivity index (χ4n) is 2.37. The molecule has 2 amide bonds. The molecule has 1 heterocycles. The van der Waals surface area contributed by atoms with Crippen LogP contribution < -0.4 is 11.1 Å². The average Bonchev–Trinajstić information content (AvgIpc) is 2.52. The van der Waals surface area contributed by atoms with E-state index in [-0.39, 0.29) is 41.4 Å². The average molecular weight is 375 g/mol. The van der Waals surface area contributed by atoms with Crippen molar-refractivity contribution in [3.05, 3.63) is 33.9 Å². The third kappa shape index (κ3) is 4.83. The lowest BCUT2D eigenvalue weighted by Gasteiger charge is -2.33. The number of rotatable bonds is 5. The molecule has 0 aliphatic carbocycles. The molecule has 1 aliphatic heterocycles. The maximum Gasteiger partial charge on any atom is 0.283 e. The summed E-state index contributed by atoms with van der Waals surface area (Å²) >= 11 is 1.09. The highest BCUT2D eigenvalue weighted by Crippen LogP contribution is 2.30. The second kappa shape index (κ2) is 8.86. The summed E-state index contributed by atoms with van der Waals surface area (Å²) in [5.74, 6) is -0.672. The van der Waals surface area contributed by atoms with Gasteiger partial charge in [0.05, 0.1) is 15.6 Å². The maximum atomic E-state index is 12.3. The monoisotopic (exact) mass is 374 g/mol. The minimum absolute atomic E-state index is 0. The molecule has 132 valence electrons. The number of benzene rings is 1. The molecule has 0 aromatic heterocycles. The fraction of sp³-hybridized carbons (Fsp3) is 0.429. The number of halogens is 1. The van der Waals surface area contributed by atoms with Crippen molar-refractivity contribution in [3.8, 4) is 0 Å². The second-order valence-corrected chi connectivity index (χ2v) is 6.25. The zero-order valence-electron chi connectivity index (χ0n) is 13.1. The number of nitrogens with one attached hydrogen (secondary N) is 1. The number of primary amides is 1. The van der Waals surface area contributed by atoms with E-state index >= 15 is 0 Å². The van der Waals surface area contributed by atoms with Crippen molar-refractivity contribution in [2.24, 2.45) is 5.73 Å². The van der Waals surface area contributed by atoms with E-state index in [2.05, 4.69) is 5.32 Å². The summed E-state index contributed by atoms with van der Waals surface area (Å²) < 4.78 is 0. The third-order valence-electron chi connectivity index (χ3n) is 3.61. The van der Waals surface area contributed by atoms with Gasteiger partial charge in [-0.3, -0.25) is 19.7 Å². The molecule has 1 atom stereocenters. The Labute approximate surface area is 149 Å². The quantitative estimate of drug-likeness (QED) is 0.451. The largest absolute Gasteiger partial charge is 0.366 e. The van der Waals surface area contributed by atoms with Gasteiger partial charge in [0.1, 0.15) is 0 Å². The molecule has 3 N–H and O–H groups in total. The van der Waals surface area contributed by atoms with Crippen LogP contribution in [0.2, 0.25) is 0 Å². The molecule has 0 radical (unpaired) electrons. The van der Waals surface area contributed by atoms with E-state index in [1.807, 2.05) is 6.92 Å². The summed E-state index contributed by atoms with van der Waals surface area (Å²) in [5, 5.41) is 14.3. The van der Waals surface area contributed by atoms with Crippen molar-refractivity contribution >= 4 is 41.7 Å². The van der Waals surface area contributed by atoms with Crippen molar-refractivity contribution < 1.29 is 14.5 Å². The number of thioether (sulfide) groups is 1. The molecule has 1 aromatic carbocycles. The Hall–Kier alpha value is -1.84. The summed E-state index contributed by atoms with van der Waals surface area (Å²) in [6, 6.07) is 4.12. The van der Waals surface area contributed by atoms with Gasteiger partial charge >= 0.3 is 0 Å². The van der Waals surface area contributed by atoms with Crippen LogP contribution in [0, 0.1) is 10.1 Å². The number of piperazine rings is 1. The van der Waals surface area contributed by atoms with E-state index in [4.69, 9.17) is 5.73 Å². The lowest BCUT2D eigenvalue weighted by atomic mass is 10.2. The van der Waals surface area contributed by atoms with Gasteiger partial charge in [-0.1, -0.05) is 0 Å². The molecule has 8 nitrogen and oxygen atoms in total. The van der Waals surface area contributed by atoms with E-state index in [0.29, 0.717) is 11.4 Å². The maximum absolute atomic E-state index is 12.3. The third-order valence-corrected chi connectivity index (χ3v) is 4.66. The van der Waals surface area contributed by atoms with E-state index < -0.39 is 10.8 Å². The second-order valence-electron chi connectivity index (χ2n) is 5.23. The smallest absolute Gasteiger partial charge is 0.283 e. The van der Waals surface area contributed by atoms with E-state index in [9.17, 15) is 19.7 Å². The zero-order chi connectivity index (χ0) is 17.0.